The maximum absolute atomic E-state index is 12.3. The van der Waals surface area contributed by atoms with E-state index in [2.05, 4.69) is 34.2 Å². The van der Waals surface area contributed by atoms with Crippen molar-refractivity contribution in [2.24, 2.45) is 16.8 Å². The zero-order valence-electron chi connectivity index (χ0n) is 17.5. The molecule has 28 heavy (non-hydrogen) atoms. The number of hydrogen-bond donors (Lipinski definition) is 4. The summed E-state index contributed by atoms with van der Waals surface area (Å²) >= 11 is 0. The van der Waals surface area contributed by atoms with E-state index in [0.29, 0.717) is 30.9 Å². The van der Waals surface area contributed by atoms with Crippen LogP contribution in [0.3, 0.4) is 0 Å². The number of aliphatic imine (C=N–C) groups is 1. The van der Waals surface area contributed by atoms with E-state index in [4.69, 9.17) is 0 Å². The molecule has 160 valence electrons. The Balaban J connectivity index is 2.54. The number of nitrogens with one attached hydrogen (secondary N) is 3. The van der Waals surface area contributed by atoms with Gasteiger partial charge in [-0.3, -0.25) is 4.99 Å². The normalized spacial score (nSPS) is 13.6. The molecule has 0 heterocycles. The molecule has 0 aliphatic carbocycles. The van der Waals surface area contributed by atoms with Gasteiger partial charge in [-0.05, 0) is 50.7 Å². The molecule has 1 atom stereocenters. The predicted molar refractivity (Wildman–Crippen MR) is 115 cm³/mol. The van der Waals surface area contributed by atoms with E-state index in [1.807, 2.05) is 13.8 Å². The lowest BCUT2D eigenvalue weighted by molar-refractivity contribution is 0.245. The highest BCUT2D eigenvalue weighted by Crippen LogP contribution is 2.15. The number of nitrogens with zero attached hydrogens (tertiary/aromatic N) is 1. The van der Waals surface area contributed by atoms with Gasteiger partial charge in [0.05, 0.1) is 4.90 Å². The van der Waals surface area contributed by atoms with E-state index >= 15 is 0 Å². The van der Waals surface area contributed by atoms with Crippen LogP contribution in [0.2, 0.25) is 0 Å². The zero-order valence-corrected chi connectivity index (χ0v) is 18.3. The summed E-state index contributed by atoms with van der Waals surface area (Å²) in [5, 5.41) is 15.6. The van der Waals surface area contributed by atoms with Gasteiger partial charge in [0.25, 0.3) is 0 Å². The van der Waals surface area contributed by atoms with Crippen LogP contribution < -0.4 is 15.4 Å². The molecular formula is C20H36N4O3S. The van der Waals surface area contributed by atoms with Gasteiger partial charge < -0.3 is 15.7 Å². The SMILES string of the molecule is CCNC(=NCC(CCO)CC(C)C)NCCNS(=O)(=O)c1ccc(C)cc1. The number of aryl methyl sites for hydroxylation is 1. The topological polar surface area (TPSA) is 103 Å². The maximum atomic E-state index is 12.3. The highest BCUT2D eigenvalue weighted by molar-refractivity contribution is 7.89. The van der Waals surface area contributed by atoms with E-state index in [1.165, 1.54) is 0 Å². The summed E-state index contributed by atoms with van der Waals surface area (Å²) < 4.78 is 27.2. The second-order valence-electron chi connectivity index (χ2n) is 7.37. The van der Waals surface area contributed by atoms with Crippen molar-refractivity contribution in [3.8, 4) is 0 Å². The molecule has 0 aliphatic rings. The van der Waals surface area contributed by atoms with Gasteiger partial charge in [0.1, 0.15) is 0 Å². The van der Waals surface area contributed by atoms with Crippen molar-refractivity contribution in [2.75, 3.05) is 32.8 Å². The quantitative estimate of drug-likeness (QED) is 0.238. The number of aliphatic hydroxyl groups excluding tert-OH is 1. The summed E-state index contributed by atoms with van der Waals surface area (Å²) in [6, 6.07) is 6.77. The Morgan fingerprint density at radius 2 is 1.82 bits per heavy atom. The molecule has 0 aliphatic heterocycles. The first kappa shape index (κ1) is 24.4. The van der Waals surface area contributed by atoms with Crippen LogP contribution in [-0.2, 0) is 10.0 Å². The molecule has 0 saturated carbocycles. The molecule has 0 bridgehead atoms. The number of sulfonamides is 1. The van der Waals surface area contributed by atoms with Crippen LogP contribution in [0, 0.1) is 18.8 Å². The Morgan fingerprint density at radius 1 is 1.14 bits per heavy atom. The molecule has 0 amide bonds. The lowest BCUT2D eigenvalue weighted by atomic mass is 9.94. The highest BCUT2D eigenvalue weighted by atomic mass is 32.2. The molecule has 1 aromatic carbocycles. The Hall–Kier alpha value is -1.64. The van der Waals surface area contributed by atoms with Crippen LogP contribution >= 0.6 is 0 Å². The van der Waals surface area contributed by atoms with Crippen molar-refractivity contribution in [2.45, 2.75) is 45.4 Å². The number of rotatable bonds is 12. The standard InChI is InChI=1S/C20H36N4O3S/c1-5-21-20(23-15-18(10-13-25)14-16(2)3)22-11-12-24-28(26,27)19-8-6-17(4)7-9-19/h6-9,16,18,24-25H,5,10-15H2,1-4H3,(H2,21,22,23). The summed E-state index contributed by atoms with van der Waals surface area (Å²) in [5.41, 5.74) is 1.02. The minimum atomic E-state index is -3.51. The third-order valence-electron chi connectivity index (χ3n) is 4.23. The third kappa shape index (κ3) is 9.52. The van der Waals surface area contributed by atoms with Gasteiger partial charge in [-0.2, -0.15) is 0 Å². The van der Waals surface area contributed by atoms with Gasteiger partial charge in [0, 0.05) is 32.8 Å². The van der Waals surface area contributed by atoms with E-state index in [1.54, 1.807) is 24.3 Å². The first-order valence-corrected chi connectivity index (χ1v) is 11.5. The molecule has 0 saturated heterocycles. The van der Waals surface area contributed by atoms with E-state index in [0.717, 1.165) is 24.9 Å². The maximum Gasteiger partial charge on any atom is 0.240 e. The monoisotopic (exact) mass is 412 g/mol. The Morgan fingerprint density at radius 3 is 2.39 bits per heavy atom. The summed E-state index contributed by atoms with van der Waals surface area (Å²) in [6.07, 6.45) is 1.75. The van der Waals surface area contributed by atoms with Gasteiger partial charge in [0.15, 0.2) is 5.96 Å². The zero-order chi connectivity index (χ0) is 21.0. The van der Waals surface area contributed by atoms with E-state index in [9.17, 15) is 13.5 Å². The van der Waals surface area contributed by atoms with Crippen LogP contribution in [0.1, 0.15) is 39.2 Å². The predicted octanol–water partition coefficient (Wildman–Crippen LogP) is 1.87. The smallest absolute Gasteiger partial charge is 0.240 e. The Labute approximate surface area is 170 Å². The summed E-state index contributed by atoms with van der Waals surface area (Å²) in [7, 11) is -3.51. The molecule has 8 heteroatoms. The van der Waals surface area contributed by atoms with Crippen LogP contribution in [0.4, 0.5) is 0 Å². The van der Waals surface area contributed by atoms with Crippen LogP contribution in [0.15, 0.2) is 34.2 Å². The van der Waals surface area contributed by atoms with E-state index < -0.39 is 10.0 Å². The molecular weight excluding hydrogens is 376 g/mol. The van der Waals surface area contributed by atoms with Crippen molar-refractivity contribution in [3.05, 3.63) is 29.8 Å². The minimum Gasteiger partial charge on any atom is -0.396 e. The fourth-order valence-electron chi connectivity index (χ4n) is 2.86. The molecule has 0 aromatic heterocycles. The van der Waals surface area contributed by atoms with Crippen molar-refractivity contribution in [3.63, 3.8) is 0 Å². The summed E-state index contributed by atoms with van der Waals surface area (Å²) in [5.74, 6) is 1.54. The molecule has 1 rings (SSSR count). The average molecular weight is 413 g/mol. The first-order valence-electron chi connectivity index (χ1n) is 9.97. The molecule has 7 nitrogen and oxygen atoms in total. The summed E-state index contributed by atoms with van der Waals surface area (Å²) in [4.78, 5) is 4.86. The lowest BCUT2D eigenvalue weighted by Gasteiger charge is -2.17. The van der Waals surface area contributed by atoms with Crippen LogP contribution in [0.5, 0.6) is 0 Å². The minimum absolute atomic E-state index is 0.164. The van der Waals surface area contributed by atoms with E-state index in [-0.39, 0.29) is 18.0 Å². The highest BCUT2D eigenvalue weighted by Gasteiger charge is 2.13. The van der Waals surface area contributed by atoms with Gasteiger partial charge >= 0.3 is 0 Å². The number of hydrogen-bond acceptors (Lipinski definition) is 4. The average Bonchev–Trinajstić information content (AvgIpc) is 2.63. The second kappa shape index (κ2) is 12.7. The summed E-state index contributed by atoms with van der Waals surface area (Å²) in [6.45, 7) is 10.4. The fourth-order valence-corrected chi connectivity index (χ4v) is 3.89. The number of guanidine groups is 1. The fraction of sp³-hybridized carbons (Fsp3) is 0.650. The Kier molecular flexibility index (Phi) is 11.1. The molecule has 1 unspecified atom stereocenters. The molecule has 1 aromatic rings. The largest absolute Gasteiger partial charge is 0.396 e. The number of benzene rings is 1. The molecule has 0 spiro atoms. The van der Waals surface area contributed by atoms with Gasteiger partial charge in [0.2, 0.25) is 10.0 Å². The van der Waals surface area contributed by atoms with Gasteiger partial charge in [-0.1, -0.05) is 31.5 Å². The van der Waals surface area contributed by atoms with Crippen molar-refractivity contribution >= 4 is 16.0 Å². The third-order valence-corrected chi connectivity index (χ3v) is 5.71. The first-order chi connectivity index (χ1) is 13.3. The van der Waals surface area contributed by atoms with Gasteiger partial charge in [-0.15, -0.1) is 0 Å². The molecule has 0 fully saturated rings. The lowest BCUT2D eigenvalue weighted by Crippen LogP contribution is -2.41. The van der Waals surface area contributed by atoms with Crippen LogP contribution in [-0.4, -0.2) is 52.3 Å². The molecule has 0 radical (unpaired) electrons. The molecule has 4 N–H and O–H groups in total. The number of aliphatic hydroxyl groups is 1. The van der Waals surface area contributed by atoms with Crippen molar-refractivity contribution in [1.82, 2.24) is 15.4 Å². The van der Waals surface area contributed by atoms with Crippen LogP contribution in [0.25, 0.3) is 0 Å². The Bertz CT molecular complexity index is 688. The second-order valence-corrected chi connectivity index (χ2v) is 9.13. The van der Waals surface area contributed by atoms with Crippen molar-refractivity contribution < 1.29 is 13.5 Å². The van der Waals surface area contributed by atoms with Crippen molar-refractivity contribution in [1.29, 1.82) is 0 Å². The van der Waals surface area contributed by atoms with Gasteiger partial charge in [-0.25, -0.2) is 13.1 Å².